The van der Waals surface area contributed by atoms with Crippen LogP contribution in [0.5, 0.6) is 0 Å². The molecule has 90 valence electrons. The molecule has 2 unspecified atom stereocenters. The lowest BCUT2D eigenvalue weighted by molar-refractivity contribution is 0.0937. The molecule has 1 aromatic heterocycles. The Hall–Kier alpha value is -1.05. The molecule has 0 saturated heterocycles. The summed E-state index contributed by atoms with van der Waals surface area (Å²) < 4.78 is 0. The van der Waals surface area contributed by atoms with Crippen molar-refractivity contribution in [1.29, 1.82) is 5.26 Å². The van der Waals surface area contributed by atoms with Crippen LogP contribution in [0.25, 0.3) is 0 Å². The largest absolute Gasteiger partial charge is 0.347 e. The van der Waals surface area contributed by atoms with Crippen LogP contribution < -0.4 is 5.32 Å². The van der Waals surface area contributed by atoms with Crippen LogP contribution in [0.4, 0.5) is 0 Å². The number of rotatable bonds is 2. The van der Waals surface area contributed by atoms with Crippen molar-refractivity contribution in [2.75, 3.05) is 0 Å². The van der Waals surface area contributed by atoms with E-state index in [1.165, 1.54) is 11.3 Å². The number of nitrogens with zero attached hydrogens (tertiary/aromatic N) is 1. The first-order valence-electron chi connectivity index (χ1n) is 5.57. The molecule has 1 aromatic rings. The number of carbonyl (C=O) groups is 1. The fourth-order valence-electron chi connectivity index (χ4n) is 2.10. The van der Waals surface area contributed by atoms with E-state index in [1.54, 1.807) is 0 Å². The molecule has 3 nitrogen and oxygen atoms in total. The van der Waals surface area contributed by atoms with Crippen molar-refractivity contribution >= 4 is 28.8 Å². The molecule has 1 N–H and O–H groups in total. The highest BCUT2D eigenvalue weighted by Crippen LogP contribution is 2.29. The van der Waals surface area contributed by atoms with Gasteiger partial charge in [0.15, 0.2) is 0 Å². The summed E-state index contributed by atoms with van der Waals surface area (Å²) in [5.74, 6) is -0.209. The summed E-state index contributed by atoms with van der Waals surface area (Å²) in [4.78, 5) is 12.6. The van der Waals surface area contributed by atoms with Crippen molar-refractivity contribution in [1.82, 2.24) is 5.32 Å². The highest BCUT2D eigenvalue weighted by Gasteiger charge is 2.29. The molecule has 2 atom stereocenters. The Morgan fingerprint density at radius 3 is 3.00 bits per heavy atom. The van der Waals surface area contributed by atoms with Crippen LogP contribution in [0, 0.1) is 24.2 Å². The van der Waals surface area contributed by atoms with E-state index in [0.29, 0.717) is 9.90 Å². The van der Waals surface area contributed by atoms with Gasteiger partial charge in [0.1, 0.15) is 4.88 Å². The van der Waals surface area contributed by atoms with Crippen molar-refractivity contribution in [2.24, 2.45) is 5.92 Å². The molecule has 1 amide bonds. The SMILES string of the molecule is Cc1csc(C(=O)NC2CCCC2C#N)c1Cl. The minimum Gasteiger partial charge on any atom is -0.347 e. The normalized spacial score (nSPS) is 23.4. The van der Waals surface area contributed by atoms with Gasteiger partial charge in [0.2, 0.25) is 0 Å². The standard InChI is InChI=1S/C12H13ClN2OS/c1-7-6-17-11(10(7)13)12(16)15-9-4-2-3-8(9)5-14/h6,8-9H,2-4H2,1H3,(H,15,16). The lowest BCUT2D eigenvalue weighted by Crippen LogP contribution is -2.36. The first-order chi connectivity index (χ1) is 8.13. The number of nitrogens with one attached hydrogen (secondary N) is 1. The monoisotopic (exact) mass is 268 g/mol. The molecule has 0 radical (unpaired) electrons. The van der Waals surface area contributed by atoms with Gasteiger partial charge in [-0.3, -0.25) is 4.79 Å². The second-order valence-electron chi connectivity index (χ2n) is 4.31. The quantitative estimate of drug-likeness (QED) is 0.896. The average Bonchev–Trinajstić information content (AvgIpc) is 2.87. The Morgan fingerprint density at radius 2 is 2.41 bits per heavy atom. The lowest BCUT2D eigenvalue weighted by Gasteiger charge is -2.14. The number of hydrogen-bond donors (Lipinski definition) is 1. The molecule has 1 aliphatic carbocycles. The summed E-state index contributed by atoms with van der Waals surface area (Å²) in [6, 6.07) is 2.22. The number of thiophene rings is 1. The highest BCUT2D eigenvalue weighted by atomic mass is 35.5. The van der Waals surface area contributed by atoms with Gasteiger partial charge >= 0.3 is 0 Å². The summed E-state index contributed by atoms with van der Waals surface area (Å²) in [7, 11) is 0. The number of amides is 1. The van der Waals surface area contributed by atoms with E-state index in [9.17, 15) is 4.79 Å². The van der Waals surface area contributed by atoms with Gasteiger partial charge in [-0.2, -0.15) is 5.26 Å². The van der Waals surface area contributed by atoms with Gasteiger partial charge in [-0.05, 0) is 37.1 Å². The number of halogens is 1. The van der Waals surface area contributed by atoms with E-state index < -0.39 is 0 Å². The van der Waals surface area contributed by atoms with Crippen LogP contribution in [0.2, 0.25) is 5.02 Å². The van der Waals surface area contributed by atoms with Crippen LogP contribution in [0.3, 0.4) is 0 Å². The van der Waals surface area contributed by atoms with E-state index in [4.69, 9.17) is 16.9 Å². The number of hydrogen-bond acceptors (Lipinski definition) is 3. The van der Waals surface area contributed by atoms with Crippen molar-refractivity contribution in [2.45, 2.75) is 32.2 Å². The topological polar surface area (TPSA) is 52.9 Å². The van der Waals surface area contributed by atoms with Gasteiger partial charge < -0.3 is 5.32 Å². The Labute approximate surface area is 109 Å². The first kappa shape index (κ1) is 12.4. The first-order valence-corrected chi connectivity index (χ1v) is 6.83. The molecule has 5 heteroatoms. The number of aryl methyl sites for hydroxylation is 1. The smallest absolute Gasteiger partial charge is 0.263 e. The molecule has 0 spiro atoms. The molecule has 2 rings (SSSR count). The molecule has 0 bridgehead atoms. The third-order valence-corrected chi connectivity index (χ3v) is 4.80. The minimum absolute atomic E-state index is 0.0222. The van der Waals surface area contributed by atoms with E-state index in [-0.39, 0.29) is 17.9 Å². The Kier molecular flexibility index (Phi) is 3.70. The van der Waals surface area contributed by atoms with E-state index in [2.05, 4.69) is 11.4 Å². The molecule has 1 heterocycles. The third-order valence-electron chi connectivity index (χ3n) is 3.10. The second kappa shape index (κ2) is 5.07. The van der Waals surface area contributed by atoms with Crippen LogP contribution >= 0.6 is 22.9 Å². The van der Waals surface area contributed by atoms with Crippen molar-refractivity contribution in [3.63, 3.8) is 0 Å². The summed E-state index contributed by atoms with van der Waals surface area (Å²) in [6.07, 6.45) is 2.75. The maximum atomic E-state index is 12.0. The average molecular weight is 269 g/mol. The van der Waals surface area contributed by atoms with Gasteiger partial charge in [0, 0.05) is 6.04 Å². The van der Waals surface area contributed by atoms with Crippen LogP contribution in [0.15, 0.2) is 5.38 Å². The zero-order valence-corrected chi connectivity index (χ0v) is 11.1. The zero-order chi connectivity index (χ0) is 12.4. The fourth-order valence-corrected chi connectivity index (χ4v) is 3.29. The third kappa shape index (κ3) is 2.46. The van der Waals surface area contributed by atoms with E-state index in [1.807, 2.05) is 12.3 Å². The van der Waals surface area contributed by atoms with Crippen molar-refractivity contribution in [3.05, 3.63) is 20.8 Å². The van der Waals surface area contributed by atoms with Crippen molar-refractivity contribution < 1.29 is 4.79 Å². The molecule has 0 aliphatic heterocycles. The van der Waals surface area contributed by atoms with Gasteiger partial charge in [0.05, 0.1) is 17.0 Å². The maximum absolute atomic E-state index is 12.0. The molecule has 1 saturated carbocycles. The summed E-state index contributed by atoms with van der Waals surface area (Å²) in [5, 5.41) is 14.3. The molecular weight excluding hydrogens is 256 g/mol. The maximum Gasteiger partial charge on any atom is 0.263 e. The van der Waals surface area contributed by atoms with Gasteiger partial charge in [-0.1, -0.05) is 11.6 Å². The highest BCUT2D eigenvalue weighted by molar-refractivity contribution is 7.13. The molecular formula is C12H13ClN2OS. The van der Waals surface area contributed by atoms with Crippen LogP contribution in [-0.4, -0.2) is 11.9 Å². The van der Waals surface area contributed by atoms with Gasteiger partial charge in [-0.25, -0.2) is 0 Å². The van der Waals surface area contributed by atoms with Gasteiger partial charge in [-0.15, -0.1) is 11.3 Å². The summed E-state index contributed by atoms with van der Waals surface area (Å²) >= 11 is 7.39. The predicted molar refractivity (Wildman–Crippen MR) is 68.3 cm³/mol. The Morgan fingerprint density at radius 1 is 1.65 bits per heavy atom. The summed E-state index contributed by atoms with van der Waals surface area (Å²) in [6.45, 7) is 1.88. The Bertz CT molecular complexity index is 477. The van der Waals surface area contributed by atoms with E-state index >= 15 is 0 Å². The number of nitriles is 1. The van der Waals surface area contributed by atoms with E-state index in [0.717, 1.165) is 24.8 Å². The lowest BCUT2D eigenvalue weighted by atomic mass is 10.1. The van der Waals surface area contributed by atoms with Crippen molar-refractivity contribution in [3.8, 4) is 6.07 Å². The summed E-state index contributed by atoms with van der Waals surface area (Å²) in [5.41, 5.74) is 0.921. The predicted octanol–water partition coefficient (Wildman–Crippen LogP) is 3.13. The minimum atomic E-state index is -0.153. The molecule has 17 heavy (non-hydrogen) atoms. The van der Waals surface area contributed by atoms with Gasteiger partial charge in [0.25, 0.3) is 5.91 Å². The fraction of sp³-hybridized carbons (Fsp3) is 0.500. The molecule has 1 fully saturated rings. The van der Waals surface area contributed by atoms with Crippen LogP contribution in [-0.2, 0) is 0 Å². The zero-order valence-electron chi connectivity index (χ0n) is 9.50. The van der Waals surface area contributed by atoms with Crippen LogP contribution in [0.1, 0.15) is 34.5 Å². The molecule has 1 aliphatic rings. The number of carbonyl (C=O) groups excluding carboxylic acids is 1. The second-order valence-corrected chi connectivity index (χ2v) is 5.57. The Balaban J connectivity index is 2.07. The molecule has 0 aromatic carbocycles.